The number of carbonyl (C=O) groups excluding carboxylic acids is 2. The van der Waals surface area contributed by atoms with Gasteiger partial charge in [0.25, 0.3) is 0 Å². The third-order valence-electron chi connectivity index (χ3n) is 4.74. The van der Waals surface area contributed by atoms with Gasteiger partial charge in [0, 0.05) is 45.2 Å². The summed E-state index contributed by atoms with van der Waals surface area (Å²) in [6.07, 6.45) is 5.91. The molecule has 6 nitrogen and oxygen atoms in total. The zero-order chi connectivity index (χ0) is 14.7. The van der Waals surface area contributed by atoms with Crippen LogP contribution in [0.25, 0.3) is 0 Å². The maximum Gasteiger partial charge on any atom is 0.317 e. The fourth-order valence-electron chi connectivity index (χ4n) is 3.57. The van der Waals surface area contributed by atoms with Crippen molar-refractivity contribution in [2.45, 2.75) is 50.7 Å². The van der Waals surface area contributed by atoms with Crippen molar-refractivity contribution < 1.29 is 14.3 Å². The molecule has 3 rings (SSSR count). The van der Waals surface area contributed by atoms with Crippen molar-refractivity contribution in [3.8, 4) is 0 Å². The zero-order valence-electron chi connectivity index (χ0n) is 12.6. The second-order valence-corrected chi connectivity index (χ2v) is 6.25. The molecule has 21 heavy (non-hydrogen) atoms. The molecule has 2 atom stereocenters. The zero-order valence-corrected chi connectivity index (χ0v) is 12.6. The number of piperidine rings is 1. The largest absolute Gasteiger partial charge is 0.376 e. The van der Waals surface area contributed by atoms with Crippen molar-refractivity contribution in [1.29, 1.82) is 0 Å². The Morgan fingerprint density at radius 1 is 1.24 bits per heavy atom. The fourth-order valence-corrected chi connectivity index (χ4v) is 3.57. The summed E-state index contributed by atoms with van der Waals surface area (Å²) in [5.41, 5.74) is 0. The summed E-state index contributed by atoms with van der Waals surface area (Å²) in [6.45, 7) is 3.72. The second-order valence-electron chi connectivity index (χ2n) is 6.25. The number of hydrogen-bond acceptors (Lipinski definition) is 3. The van der Waals surface area contributed by atoms with Crippen molar-refractivity contribution in [3.05, 3.63) is 0 Å². The van der Waals surface area contributed by atoms with Crippen LogP contribution in [0.2, 0.25) is 0 Å². The highest BCUT2D eigenvalue weighted by molar-refractivity contribution is 5.79. The average molecular weight is 295 g/mol. The lowest BCUT2D eigenvalue weighted by Gasteiger charge is -2.37. The van der Waals surface area contributed by atoms with E-state index in [1.807, 2.05) is 9.80 Å². The first-order valence-electron chi connectivity index (χ1n) is 8.18. The van der Waals surface area contributed by atoms with E-state index in [2.05, 4.69) is 5.32 Å². The Kier molecular flexibility index (Phi) is 4.63. The van der Waals surface area contributed by atoms with E-state index >= 15 is 0 Å². The standard InChI is InChI=1S/C15H25N3O3/c19-14-6-2-8-18(14)12-4-1-7-17(11-12)15(20)16-10-13-5-3-9-21-13/h12-13H,1-11H2,(H,16,20)/t12-,13+/m0/s1. The number of carbonyl (C=O) groups is 2. The van der Waals surface area contributed by atoms with Gasteiger partial charge in [-0.1, -0.05) is 0 Å². The predicted octanol–water partition coefficient (Wildman–Crippen LogP) is 0.962. The topological polar surface area (TPSA) is 61.9 Å². The van der Waals surface area contributed by atoms with Gasteiger partial charge < -0.3 is 19.9 Å². The molecule has 3 aliphatic heterocycles. The minimum absolute atomic E-state index is 0.0122. The van der Waals surface area contributed by atoms with E-state index in [0.717, 1.165) is 51.8 Å². The molecule has 0 aromatic carbocycles. The molecule has 3 aliphatic rings. The Balaban J connectivity index is 1.48. The molecule has 3 saturated heterocycles. The number of nitrogens with one attached hydrogen (secondary N) is 1. The Hall–Kier alpha value is -1.30. The van der Waals surface area contributed by atoms with Crippen LogP contribution < -0.4 is 5.32 Å². The molecule has 0 aromatic heterocycles. The molecule has 0 saturated carbocycles. The molecule has 0 radical (unpaired) electrons. The number of urea groups is 1. The van der Waals surface area contributed by atoms with E-state index < -0.39 is 0 Å². The summed E-state index contributed by atoms with van der Waals surface area (Å²) >= 11 is 0. The van der Waals surface area contributed by atoms with Crippen LogP contribution in [0.4, 0.5) is 4.79 Å². The molecule has 0 aromatic rings. The minimum Gasteiger partial charge on any atom is -0.376 e. The number of rotatable bonds is 3. The number of amides is 3. The van der Waals surface area contributed by atoms with Gasteiger partial charge in [-0.15, -0.1) is 0 Å². The molecular formula is C15H25N3O3. The van der Waals surface area contributed by atoms with Crippen LogP contribution in [0.15, 0.2) is 0 Å². The molecule has 0 aliphatic carbocycles. The van der Waals surface area contributed by atoms with Crippen molar-refractivity contribution in [2.24, 2.45) is 0 Å². The number of ether oxygens (including phenoxy) is 1. The Morgan fingerprint density at radius 2 is 2.14 bits per heavy atom. The van der Waals surface area contributed by atoms with Gasteiger partial charge in [0.1, 0.15) is 0 Å². The van der Waals surface area contributed by atoms with Gasteiger partial charge in [0.05, 0.1) is 6.10 Å². The van der Waals surface area contributed by atoms with E-state index in [-0.39, 0.29) is 24.1 Å². The van der Waals surface area contributed by atoms with E-state index in [1.54, 1.807) is 0 Å². The first-order valence-corrected chi connectivity index (χ1v) is 8.18. The Morgan fingerprint density at radius 3 is 2.86 bits per heavy atom. The van der Waals surface area contributed by atoms with Crippen molar-refractivity contribution in [3.63, 3.8) is 0 Å². The van der Waals surface area contributed by atoms with Gasteiger partial charge in [0.2, 0.25) is 5.91 Å². The van der Waals surface area contributed by atoms with Gasteiger partial charge in [-0.25, -0.2) is 4.79 Å². The molecular weight excluding hydrogens is 270 g/mol. The molecule has 6 heteroatoms. The predicted molar refractivity (Wildman–Crippen MR) is 77.9 cm³/mol. The number of nitrogens with zero attached hydrogens (tertiary/aromatic N) is 2. The lowest BCUT2D eigenvalue weighted by molar-refractivity contribution is -0.130. The average Bonchev–Trinajstić information content (AvgIpc) is 3.16. The Bertz CT molecular complexity index is 396. The van der Waals surface area contributed by atoms with E-state index in [1.165, 1.54) is 0 Å². The first-order chi connectivity index (χ1) is 10.2. The number of likely N-dealkylation sites (tertiary alicyclic amines) is 2. The molecule has 0 bridgehead atoms. The Labute approximate surface area is 125 Å². The maximum atomic E-state index is 12.3. The second kappa shape index (κ2) is 6.64. The normalized spacial score (nSPS) is 30.0. The molecule has 3 amide bonds. The van der Waals surface area contributed by atoms with Crippen LogP contribution in [0.3, 0.4) is 0 Å². The highest BCUT2D eigenvalue weighted by Gasteiger charge is 2.32. The van der Waals surface area contributed by atoms with Crippen molar-refractivity contribution in [2.75, 3.05) is 32.8 Å². The third-order valence-corrected chi connectivity index (χ3v) is 4.74. The summed E-state index contributed by atoms with van der Waals surface area (Å²) < 4.78 is 5.52. The van der Waals surface area contributed by atoms with Crippen LogP contribution in [0, 0.1) is 0 Å². The van der Waals surface area contributed by atoms with Crippen LogP contribution in [-0.4, -0.2) is 66.7 Å². The SMILES string of the molecule is O=C(NC[C@H]1CCCO1)N1CCC[C@H](N2CCCC2=O)C1. The molecule has 3 heterocycles. The molecule has 0 unspecified atom stereocenters. The maximum absolute atomic E-state index is 12.3. The van der Waals surface area contributed by atoms with Crippen molar-refractivity contribution in [1.82, 2.24) is 15.1 Å². The molecule has 1 N–H and O–H groups in total. The van der Waals surface area contributed by atoms with E-state index in [9.17, 15) is 9.59 Å². The van der Waals surface area contributed by atoms with Gasteiger partial charge >= 0.3 is 6.03 Å². The fraction of sp³-hybridized carbons (Fsp3) is 0.867. The van der Waals surface area contributed by atoms with E-state index in [0.29, 0.717) is 19.5 Å². The molecule has 3 fully saturated rings. The van der Waals surface area contributed by atoms with Crippen LogP contribution in [0.1, 0.15) is 38.5 Å². The van der Waals surface area contributed by atoms with Gasteiger partial charge in [0.15, 0.2) is 0 Å². The van der Waals surface area contributed by atoms with Crippen LogP contribution in [-0.2, 0) is 9.53 Å². The van der Waals surface area contributed by atoms with Crippen LogP contribution in [0.5, 0.6) is 0 Å². The summed E-state index contributed by atoms with van der Waals surface area (Å²) in [6, 6.07) is 0.198. The first kappa shape index (κ1) is 14.6. The summed E-state index contributed by atoms with van der Waals surface area (Å²) in [5.74, 6) is 0.251. The smallest absolute Gasteiger partial charge is 0.317 e. The highest BCUT2D eigenvalue weighted by Crippen LogP contribution is 2.21. The highest BCUT2D eigenvalue weighted by atomic mass is 16.5. The molecule has 0 spiro atoms. The number of hydrogen-bond donors (Lipinski definition) is 1. The molecule has 118 valence electrons. The monoisotopic (exact) mass is 295 g/mol. The lowest BCUT2D eigenvalue weighted by atomic mass is 10.0. The third kappa shape index (κ3) is 3.48. The van der Waals surface area contributed by atoms with Crippen LogP contribution >= 0.6 is 0 Å². The quantitative estimate of drug-likeness (QED) is 0.843. The lowest BCUT2D eigenvalue weighted by Crippen LogP contribution is -2.53. The minimum atomic E-state index is -0.0122. The summed E-state index contributed by atoms with van der Waals surface area (Å²) in [5, 5.41) is 2.98. The summed E-state index contributed by atoms with van der Waals surface area (Å²) in [7, 11) is 0. The van der Waals surface area contributed by atoms with Gasteiger partial charge in [-0.05, 0) is 32.1 Å². The summed E-state index contributed by atoms with van der Waals surface area (Å²) in [4.78, 5) is 27.9. The van der Waals surface area contributed by atoms with Gasteiger partial charge in [-0.2, -0.15) is 0 Å². The van der Waals surface area contributed by atoms with Gasteiger partial charge in [-0.3, -0.25) is 4.79 Å². The van der Waals surface area contributed by atoms with Crippen molar-refractivity contribution >= 4 is 11.9 Å². The van der Waals surface area contributed by atoms with E-state index in [4.69, 9.17) is 4.74 Å².